The number of nitrogens with zero attached hydrogens (tertiary/aromatic N) is 1. The Balaban J connectivity index is 0. The predicted molar refractivity (Wildman–Crippen MR) is 52.8 cm³/mol. The zero-order valence-electron chi connectivity index (χ0n) is 9.45. The van der Waals surface area contributed by atoms with Gasteiger partial charge in [0.25, 0.3) is 0 Å². The number of carbonyl (C=O) groups is 1. The Morgan fingerprint density at radius 1 is 1.00 bits per heavy atom. The minimum Gasteiger partial charge on any atom is -0.475 e. The predicted octanol–water partition coefficient (Wildman–Crippen LogP) is 3.62. The summed E-state index contributed by atoms with van der Waals surface area (Å²) in [5.41, 5.74) is -0.785. The van der Waals surface area contributed by atoms with Gasteiger partial charge in [0.05, 0.1) is 5.54 Å². The van der Waals surface area contributed by atoms with Crippen molar-refractivity contribution in [3.8, 4) is 0 Å². The van der Waals surface area contributed by atoms with E-state index in [4.69, 9.17) is 21.5 Å². The molecule has 0 rings (SSSR count). The Labute approximate surface area is 103 Å². The highest BCUT2D eigenvalue weighted by molar-refractivity contribution is 6.66. The number of aliphatic carboxylic acids is 1. The molecule has 0 atom stereocenters. The molecule has 1 N–H and O–H groups in total. The van der Waals surface area contributed by atoms with Crippen LogP contribution in [0.1, 0.15) is 20.8 Å². The maximum atomic E-state index is 11.7. The molecule has 0 saturated heterocycles. The Bertz CT molecular complexity index is 315. The van der Waals surface area contributed by atoms with Crippen LogP contribution in [0.3, 0.4) is 0 Å². The fourth-order valence-electron chi connectivity index (χ4n) is 0.358. The van der Waals surface area contributed by atoms with Crippen molar-refractivity contribution in [3.63, 3.8) is 0 Å². The second-order valence-corrected chi connectivity index (χ2v) is 4.23. The van der Waals surface area contributed by atoms with Gasteiger partial charge in [-0.05, 0) is 20.8 Å². The molecular formula is C8H10ClF6NO2. The highest BCUT2D eigenvalue weighted by Gasteiger charge is 2.38. The lowest BCUT2D eigenvalue weighted by Gasteiger charge is -2.13. The fourth-order valence-corrected chi connectivity index (χ4v) is 0.611. The minimum atomic E-state index is -5.08. The summed E-state index contributed by atoms with van der Waals surface area (Å²) >= 11 is 4.87. The third-order valence-electron chi connectivity index (χ3n) is 0.910. The van der Waals surface area contributed by atoms with Gasteiger partial charge in [0, 0.05) is 0 Å². The van der Waals surface area contributed by atoms with Crippen LogP contribution >= 0.6 is 11.6 Å². The average molecular weight is 302 g/mol. The van der Waals surface area contributed by atoms with Gasteiger partial charge in [0.15, 0.2) is 0 Å². The summed E-state index contributed by atoms with van der Waals surface area (Å²) in [5.74, 6) is -2.76. The number of carboxylic acid groups (broad SMARTS) is 1. The standard InChI is InChI=1S/C6H9ClF3N.C2HF3O2/c1-5(2,3)11-4(7)6(8,9)10;3-2(4,5)1(6)7/h1-3H3;(H,6,7). The molecule has 0 saturated carbocycles. The van der Waals surface area contributed by atoms with Crippen LogP contribution in [-0.4, -0.2) is 34.1 Å². The van der Waals surface area contributed by atoms with Crippen molar-refractivity contribution < 1.29 is 36.2 Å². The van der Waals surface area contributed by atoms with E-state index in [1.165, 1.54) is 0 Å². The number of carboxylic acids is 1. The summed E-state index contributed by atoms with van der Waals surface area (Å²) in [5, 5.41) is 5.82. The van der Waals surface area contributed by atoms with E-state index in [0.717, 1.165) is 0 Å². The van der Waals surface area contributed by atoms with Crippen LogP contribution in [0.2, 0.25) is 0 Å². The first kappa shape index (κ1) is 19.4. The molecule has 0 aromatic rings. The molecule has 10 heteroatoms. The Kier molecular flexibility index (Phi) is 6.73. The van der Waals surface area contributed by atoms with Crippen molar-refractivity contribution in [3.05, 3.63) is 0 Å². The van der Waals surface area contributed by atoms with Crippen LogP contribution < -0.4 is 0 Å². The molecule has 0 amide bonds. The van der Waals surface area contributed by atoms with Gasteiger partial charge >= 0.3 is 18.3 Å². The van der Waals surface area contributed by atoms with E-state index in [0.29, 0.717) is 0 Å². The molecule has 3 nitrogen and oxygen atoms in total. The van der Waals surface area contributed by atoms with E-state index in [-0.39, 0.29) is 0 Å². The van der Waals surface area contributed by atoms with Crippen molar-refractivity contribution in [1.29, 1.82) is 0 Å². The lowest BCUT2D eigenvalue weighted by atomic mass is 10.1. The summed E-state index contributed by atoms with van der Waals surface area (Å²) in [6, 6.07) is 0. The highest BCUT2D eigenvalue weighted by Crippen LogP contribution is 2.22. The van der Waals surface area contributed by atoms with Crippen LogP contribution in [0.25, 0.3) is 0 Å². The second-order valence-electron chi connectivity index (χ2n) is 3.87. The van der Waals surface area contributed by atoms with E-state index in [1.807, 2.05) is 0 Å². The van der Waals surface area contributed by atoms with E-state index in [2.05, 4.69) is 4.99 Å². The van der Waals surface area contributed by atoms with Gasteiger partial charge in [-0.2, -0.15) is 26.3 Å². The molecule has 0 aliphatic heterocycles. The van der Waals surface area contributed by atoms with Gasteiger partial charge in [-0.3, -0.25) is 4.99 Å². The van der Waals surface area contributed by atoms with Gasteiger partial charge in [-0.25, -0.2) is 4.79 Å². The average Bonchev–Trinajstić information content (AvgIpc) is 1.97. The Morgan fingerprint density at radius 3 is 1.33 bits per heavy atom. The SMILES string of the molecule is CC(C)(C)N=C(Cl)C(F)(F)F.O=C(O)C(F)(F)F. The van der Waals surface area contributed by atoms with Crippen LogP contribution in [0.5, 0.6) is 0 Å². The van der Waals surface area contributed by atoms with Gasteiger partial charge in [-0.1, -0.05) is 11.6 Å². The monoisotopic (exact) mass is 301 g/mol. The quantitative estimate of drug-likeness (QED) is 0.549. The molecule has 0 aromatic heterocycles. The summed E-state index contributed by atoms with van der Waals surface area (Å²) in [6.07, 6.45) is -9.60. The van der Waals surface area contributed by atoms with Gasteiger partial charge in [0.2, 0.25) is 5.17 Å². The third-order valence-corrected chi connectivity index (χ3v) is 1.21. The molecule has 0 heterocycles. The van der Waals surface area contributed by atoms with E-state index in [1.54, 1.807) is 20.8 Å². The van der Waals surface area contributed by atoms with Crippen LogP contribution in [0, 0.1) is 0 Å². The van der Waals surface area contributed by atoms with Gasteiger partial charge in [-0.15, -0.1) is 0 Å². The molecule has 0 radical (unpaired) electrons. The lowest BCUT2D eigenvalue weighted by Crippen LogP contribution is -2.22. The normalized spacial score (nSPS) is 13.8. The summed E-state index contributed by atoms with van der Waals surface area (Å²) in [7, 11) is 0. The molecule has 0 unspecified atom stereocenters. The number of rotatable bonds is 0. The van der Waals surface area contributed by atoms with E-state index < -0.39 is 29.0 Å². The van der Waals surface area contributed by atoms with Crippen molar-refractivity contribution in [1.82, 2.24) is 0 Å². The van der Waals surface area contributed by atoms with E-state index >= 15 is 0 Å². The molecule has 0 aliphatic carbocycles. The third kappa shape index (κ3) is 11.5. The molecule has 18 heavy (non-hydrogen) atoms. The Morgan fingerprint density at radius 2 is 1.28 bits per heavy atom. The van der Waals surface area contributed by atoms with Crippen molar-refractivity contribution >= 4 is 22.7 Å². The summed E-state index contributed by atoms with van der Waals surface area (Å²) in [4.78, 5) is 12.1. The number of hydrogen-bond donors (Lipinski definition) is 1. The summed E-state index contributed by atoms with van der Waals surface area (Å²) < 4.78 is 66.9. The molecule has 108 valence electrons. The zero-order valence-corrected chi connectivity index (χ0v) is 10.2. The number of alkyl halides is 6. The van der Waals surface area contributed by atoms with Crippen molar-refractivity contribution in [2.45, 2.75) is 38.7 Å². The molecule has 0 aliphatic rings. The Hall–Kier alpha value is -0.990. The van der Waals surface area contributed by atoms with Crippen LogP contribution in [0.15, 0.2) is 4.99 Å². The molecule has 0 aromatic carbocycles. The van der Waals surface area contributed by atoms with Crippen LogP contribution in [0.4, 0.5) is 26.3 Å². The minimum absolute atomic E-state index is 0.785. The highest BCUT2D eigenvalue weighted by atomic mass is 35.5. The summed E-state index contributed by atoms with van der Waals surface area (Å²) in [6.45, 7) is 4.63. The molecular weight excluding hydrogens is 292 g/mol. The molecule has 0 fully saturated rings. The number of hydrogen-bond acceptors (Lipinski definition) is 2. The van der Waals surface area contributed by atoms with Crippen LogP contribution in [-0.2, 0) is 4.79 Å². The topological polar surface area (TPSA) is 49.7 Å². The first-order valence-electron chi connectivity index (χ1n) is 4.20. The fraction of sp³-hybridized carbons (Fsp3) is 0.750. The number of aliphatic imine (C=N–C) groups is 1. The first-order valence-corrected chi connectivity index (χ1v) is 4.58. The number of halogens is 7. The smallest absolute Gasteiger partial charge is 0.475 e. The first-order chi connectivity index (χ1) is 7.57. The maximum Gasteiger partial charge on any atom is 0.490 e. The van der Waals surface area contributed by atoms with Gasteiger partial charge < -0.3 is 5.11 Å². The van der Waals surface area contributed by atoms with Crippen molar-refractivity contribution in [2.24, 2.45) is 4.99 Å². The maximum absolute atomic E-state index is 11.7. The molecule has 0 bridgehead atoms. The zero-order chi connectivity index (χ0) is 15.4. The van der Waals surface area contributed by atoms with E-state index in [9.17, 15) is 26.3 Å². The largest absolute Gasteiger partial charge is 0.490 e. The molecule has 0 spiro atoms. The second kappa shape index (κ2) is 6.26. The van der Waals surface area contributed by atoms with Crippen molar-refractivity contribution in [2.75, 3.05) is 0 Å². The van der Waals surface area contributed by atoms with Gasteiger partial charge in [0.1, 0.15) is 0 Å². The lowest BCUT2D eigenvalue weighted by molar-refractivity contribution is -0.192.